The molecule has 0 saturated carbocycles. The van der Waals surface area contributed by atoms with E-state index in [4.69, 9.17) is 9.47 Å². The lowest BCUT2D eigenvalue weighted by Crippen LogP contribution is -2.15. The highest BCUT2D eigenvalue weighted by molar-refractivity contribution is 7.99. The van der Waals surface area contributed by atoms with Crippen molar-refractivity contribution in [2.45, 2.75) is 32.2 Å². The summed E-state index contributed by atoms with van der Waals surface area (Å²) in [5.74, 6) is 2.20. The Hall–Kier alpha value is -3.26. The van der Waals surface area contributed by atoms with Crippen LogP contribution in [0.25, 0.3) is 0 Å². The number of thioether (sulfide) groups is 1. The first-order valence-corrected chi connectivity index (χ1v) is 10.8. The highest BCUT2D eigenvalue weighted by Crippen LogP contribution is 2.21. The number of hydrogen-bond donors (Lipinski definition) is 1. The van der Waals surface area contributed by atoms with Crippen LogP contribution in [0.5, 0.6) is 11.5 Å². The number of aromatic nitrogens is 3. The number of nitrogens with one attached hydrogen (secondary N) is 1. The molecule has 2 aromatic carbocycles. The SMILES string of the molecule is C=CCn1c(COc2ccc(C)c(C)c2)nnc1SCC(=O)Nc1cccc(OC)c1. The van der Waals surface area contributed by atoms with Crippen molar-refractivity contribution in [1.82, 2.24) is 14.8 Å². The predicted octanol–water partition coefficient (Wildman–Crippen LogP) is 4.40. The van der Waals surface area contributed by atoms with Crippen LogP contribution in [0.2, 0.25) is 0 Å². The molecule has 0 atom stereocenters. The molecule has 0 fully saturated rings. The highest BCUT2D eigenvalue weighted by atomic mass is 32.2. The molecule has 8 heteroatoms. The van der Waals surface area contributed by atoms with E-state index in [2.05, 4.69) is 29.0 Å². The molecule has 0 aliphatic rings. The Bertz CT molecular complexity index is 1060. The Balaban J connectivity index is 1.61. The van der Waals surface area contributed by atoms with E-state index in [0.717, 1.165) is 5.75 Å². The summed E-state index contributed by atoms with van der Waals surface area (Å²) in [5.41, 5.74) is 3.07. The van der Waals surface area contributed by atoms with E-state index in [1.165, 1.54) is 22.9 Å². The molecule has 1 amide bonds. The zero-order chi connectivity index (χ0) is 22.2. The first kappa shape index (κ1) is 22.4. The lowest BCUT2D eigenvalue weighted by Gasteiger charge is -2.10. The van der Waals surface area contributed by atoms with Crippen LogP contribution in [0.1, 0.15) is 17.0 Å². The number of rotatable bonds is 10. The van der Waals surface area contributed by atoms with Crippen molar-refractivity contribution in [3.8, 4) is 11.5 Å². The summed E-state index contributed by atoms with van der Waals surface area (Å²) in [6.45, 7) is 8.72. The zero-order valence-electron chi connectivity index (χ0n) is 17.9. The zero-order valence-corrected chi connectivity index (χ0v) is 18.7. The van der Waals surface area contributed by atoms with Crippen LogP contribution in [0.15, 0.2) is 60.3 Å². The maximum Gasteiger partial charge on any atom is 0.234 e. The van der Waals surface area contributed by atoms with Crippen molar-refractivity contribution < 1.29 is 14.3 Å². The van der Waals surface area contributed by atoms with Crippen LogP contribution >= 0.6 is 11.8 Å². The van der Waals surface area contributed by atoms with Gasteiger partial charge in [-0.05, 0) is 49.2 Å². The number of methoxy groups -OCH3 is 1. The van der Waals surface area contributed by atoms with Crippen molar-refractivity contribution >= 4 is 23.4 Å². The molecule has 3 rings (SSSR count). The number of carbonyl (C=O) groups excluding carboxylic acids is 1. The smallest absolute Gasteiger partial charge is 0.234 e. The molecule has 3 aromatic rings. The van der Waals surface area contributed by atoms with Crippen molar-refractivity contribution in [3.63, 3.8) is 0 Å². The monoisotopic (exact) mass is 438 g/mol. The molecule has 0 saturated heterocycles. The molecular weight excluding hydrogens is 412 g/mol. The second-order valence-corrected chi connectivity index (χ2v) is 7.84. The van der Waals surface area contributed by atoms with Crippen molar-refractivity contribution in [1.29, 1.82) is 0 Å². The van der Waals surface area contributed by atoms with E-state index in [1.807, 2.05) is 47.9 Å². The van der Waals surface area contributed by atoms with Gasteiger partial charge in [-0.3, -0.25) is 9.36 Å². The lowest BCUT2D eigenvalue weighted by atomic mass is 10.1. The molecule has 7 nitrogen and oxygen atoms in total. The number of allylic oxidation sites excluding steroid dienone is 1. The second kappa shape index (κ2) is 10.7. The van der Waals surface area contributed by atoms with Crippen LogP contribution in [0.3, 0.4) is 0 Å². The minimum absolute atomic E-state index is 0.140. The van der Waals surface area contributed by atoms with Gasteiger partial charge in [0, 0.05) is 18.3 Å². The summed E-state index contributed by atoms with van der Waals surface area (Å²) in [7, 11) is 1.59. The number of carbonyl (C=O) groups is 1. The fraction of sp³-hybridized carbons (Fsp3) is 0.261. The minimum Gasteiger partial charge on any atom is -0.497 e. The normalized spacial score (nSPS) is 10.5. The topological polar surface area (TPSA) is 78.3 Å². The maximum absolute atomic E-state index is 12.4. The van der Waals surface area contributed by atoms with E-state index in [-0.39, 0.29) is 18.3 Å². The second-order valence-electron chi connectivity index (χ2n) is 6.90. The van der Waals surface area contributed by atoms with Gasteiger partial charge in [-0.2, -0.15) is 0 Å². The predicted molar refractivity (Wildman–Crippen MR) is 123 cm³/mol. The van der Waals surface area contributed by atoms with Crippen molar-refractivity contribution in [3.05, 3.63) is 72.1 Å². The number of anilines is 1. The van der Waals surface area contributed by atoms with Gasteiger partial charge in [0.1, 0.15) is 18.1 Å². The van der Waals surface area contributed by atoms with E-state index >= 15 is 0 Å². The van der Waals surface area contributed by atoms with E-state index in [1.54, 1.807) is 19.3 Å². The van der Waals surface area contributed by atoms with Crippen LogP contribution < -0.4 is 14.8 Å². The Kier molecular flexibility index (Phi) is 7.72. The summed E-state index contributed by atoms with van der Waals surface area (Å²) >= 11 is 1.31. The summed E-state index contributed by atoms with van der Waals surface area (Å²) < 4.78 is 13.0. The summed E-state index contributed by atoms with van der Waals surface area (Å²) in [4.78, 5) is 12.4. The summed E-state index contributed by atoms with van der Waals surface area (Å²) in [6.07, 6.45) is 1.77. The minimum atomic E-state index is -0.140. The van der Waals surface area contributed by atoms with Crippen LogP contribution in [-0.4, -0.2) is 33.5 Å². The van der Waals surface area contributed by atoms with Crippen molar-refractivity contribution in [2.75, 3.05) is 18.2 Å². The molecule has 1 aromatic heterocycles. The molecule has 1 heterocycles. The standard InChI is InChI=1S/C23H26N4O3S/c1-5-11-27-21(14-30-20-10-9-16(2)17(3)12-20)25-26-23(27)31-15-22(28)24-18-7-6-8-19(13-18)29-4/h5-10,12-13H,1,11,14-15H2,2-4H3,(H,24,28). The highest BCUT2D eigenvalue weighted by Gasteiger charge is 2.14. The molecule has 0 bridgehead atoms. The summed E-state index contributed by atoms with van der Waals surface area (Å²) in [5, 5.41) is 12.0. The van der Waals surface area contributed by atoms with Gasteiger partial charge in [0.2, 0.25) is 5.91 Å². The Labute approximate surface area is 186 Å². The number of aryl methyl sites for hydroxylation is 2. The fourth-order valence-electron chi connectivity index (χ4n) is 2.82. The average Bonchev–Trinajstić information content (AvgIpc) is 3.15. The first-order chi connectivity index (χ1) is 15.0. The third-order valence-corrected chi connectivity index (χ3v) is 5.60. The van der Waals surface area contributed by atoms with E-state index in [0.29, 0.717) is 29.0 Å². The average molecular weight is 439 g/mol. The number of amides is 1. The van der Waals surface area contributed by atoms with Crippen LogP contribution in [0.4, 0.5) is 5.69 Å². The van der Waals surface area contributed by atoms with Gasteiger partial charge in [0.15, 0.2) is 11.0 Å². The van der Waals surface area contributed by atoms with E-state index < -0.39 is 0 Å². The number of hydrogen-bond acceptors (Lipinski definition) is 6. The van der Waals surface area contributed by atoms with Crippen LogP contribution in [-0.2, 0) is 17.9 Å². The number of nitrogens with zero attached hydrogens (tertiary/aromatic N) is 3. The summed E-state index contributed by atoms with van der Waals surface area (Å²) in [6, 6.07) is 13.2. The van der Waals surface area contributed by atoms with Crippen molar-refractivity contribution in [2.24, 2.45) is 0 Å². The lowest BCUT2D eigenvalue weighted by molar-refractivity contribution is -0.113. The maximum atomic E-state index is 12.4. The molecular formula is C23H26N4O3S. The Morgan fingerprint density at radius 3 is 2.74 bits per heavy atom. The van der Waals surface area contributed by atoms with Gasteiger partial charge < -0.3 is 14.8 Å². The molecule has 1 N–H and O–H groups in total. The van der Waals surface area contributed by atoms with Gasteiger partial charge in [-0.15, -0.1) is 16.8 Å². The number of benzene rings is 2. The third-order valence-electron chi connectivity index (χ3n) is 4.64. The third kappa shape index (κ3) is 6.11. The van der Waals surface area contributed by atoms with Gasteiger partial charge in [0.25, 0.3) is 0 Å². The van der Waals surface area contributed by atoms with Gasteiger partial charge in [-0.25, -0.2) is 0 Å². The Morgan fingerprint density at radius 2 is 2.00 bits per heavy atom. The first-order valence-electron chi connectivity index (χ1n) is 9.80. The Morgan fingerprint density at radius 1 is 1.16 bits per heavy atom. The molecule has 0 spiro atoms. The molecule has 0 unspecified atom stereocenters. The molecule has 0 aliphatic heterocycles. The van der Waals surface area contributed by atoms with Gasteiger partial charge in [-0.1, -0.05) is 30.0 Å². The molecule has 0 radical (unpaired) electrons. The molecule has 31 heavy (non-hydrogen) atoms. The molecule has 0 aliphatic carbocycles. The largest absolute Gasteiger partial charge is 0.497 e. The van der Waals surface area contributed by atoms with E-state index in [9.17, 15) is 4.79 Å². The quantitative estimate of drug-likeness (QED) is 0.373. The van der Waals surface area contributed by atoms with Crippen LogP contribution in [0, 0.1) is 13.8 Å². The van der Waals surface area contributed by atoms with Gasteiger partial charge >= 0.3 is 0 Å². The van der Waals surface area contributed by atoms with Gasteiger partial charge in [0.05, 0.1) is 12.9 Å². The number of ether oxygens (including phenoxy) is 2. The molecule has 162 valence electrons. The fourth-order valence-corrected chi connectivity index (χ4v) is 3.59.